The summed E-state index contributed by atoms with van der Waals surface area (Å²) in [6.07, 6.45) is -2.75. The van der Waals surface area contributed by atoms with Gasteiger partial charge in [0.05, 0.1) is 6.10 Å². The molecule has 0 spiro atoms. The van der Waals surface area contributed by atoms with Gasteiger partial charge in [-0.05, 0) is 23.3 Å². The SMILES string of the molecule is O=C(N[C@H]([C@H](O)CNCc1cccc(F)c1)C(F)(F)c1ccccc1)OCc1ccccc1. The maximum absolute atomic E-state index is 15.3. The largest absolute Gasteiger partial charge is 0.445 e. The Labute approximate surface area is 190 Å². The van der Waals surface area contributed by atoms with Crippen molar-refractivity contribution in [1.82, 2.24) is 10.6 Å². The number of amides is 1. The second-order valence-corrected chi connectivity index (χ2v) is 7.50. The minimum Gasteiger partial charge on any atom is -0.445 e. The topological polar surface area (TPSA) is 70.6 Å². The first-order chi connectivity index (χ1) is 15.9. The fraction of sp³-hybridized carbons (Fsp3) is 0.240. The summed E-state index contributed by atoms with van der Waals surface area (Å²) in [4.78, 5) is 12.3. The lowest BCUT2D eigenvalue weighted by molar-refractivity contribution is -0.0825. The van der Waals surface area contributed by atoms with E-state index in [1.807, 2.05) is 0 Å². The number of aliphatic hydroxyl groups is 1. The van der Waals surface area contributed by atoms with Gasteiger partial charge in [-0.25, -0.2) is 9.18 Å². The van der Waals surface area contributed by atoms with Crippen LogP contribution in [-0.4, -0.2) is 29.9 Å². The monoisotopic (exact) mass is 458 g/mol. The van der Waals surface area contributed by atoms with Crippen molar-refractivity contribution in [3.63, 3.8) is 0 Å². The number of benzene rings is 3. The third kappa shape index (κ3) is 7.06. The zero-order valence-electron chi connectivity index (χ0n) is 17.8. The highest BCUT2D eigenvalue weighted by Crippen LogP contribution is 2.33. The molecule has 3 rings (SSSR count). The average molecular weight is 458 g/mol. The molecule has 5 nitrogen and oxygen atoms in total. The Morgan fingerprint density at radius 1 is 0.939 bits per heavy atom. The molecule has 0 bridgehead atoms. The summed E-state index contributed by atoms with van der Waals surface area (Å²) in [5.41, 5.74) is 0.919. The zero-order valence-corrected chi connectivity index (χ0v) is 17.8. The van der Waals surface area contributed by atoms with Crippen molar-refractivity contribution in [2.24, 2.45) is 0 Å². The summed E-state index contributed by atoms with van der Waals surface area (Å²) in [7, 11) is 0. The highest BCUT2D eigenvalue weighted by molar-refractivity contribution is 5.68. The van der Waals surface area contributed by atoms with Gasteiger partial charge in [0.1, 0.15) is 18.5 Å². The molecule has 1 amide bonds. The smallest absolute Gasteiger partial charge is 0.407 e. The molecule has 0 aliphatic heterocycles. The normalized spacial score (nSPS) is 13.2. The predicted octanol–water partition coefficient (Wildman–Crippen LogP) is 4.36. The van der Waals surface area contributed by atoms with E-state index in [1.54, 1.807) is 42.5 Å². The number of hydrogen-bond donors (Lipinski definition) is 3. The highest BCUT2D eigenvalue weighted by Gasteiger charge is 2.46. The summed E-state index contributed by atoms with van der Waals surface area (Å²) in [6, 6.07) is 19.5. The number of hydrogen-bond acceptors (Lipinski definition) is 4. The van der Waals surface area contributed by atoms with Gasteiger partial charge in [0, 0.05) is 18.7 Å². The maximum Gasteiger partial charge on any atom is 0.407 e. The van der Waals surface area contributed by atoms with E-state index in [0.29, 0.717) is 11.1 Å². The number of aliphatic hydroxyl groups excluding tert-OH is 1. The van der Waals surface area contributed by atoms with Crippen LogP contribution in [0, 0.1) is 5.82 Å². The van der Waals surface area contributed by atoms with Gasteiger partial charge in [0.2, 0.25) is 0 Å². The Morgan fingerprint density at radius 3 is 2.24 bits per heavy atom. The van der Waals surface area contributed by atoms with Crippen molar-refractivity contribution in [2.45, 2.75) is 31.2 Å². The number of halogens is 3. The number of ether oxygens (including phenoxy) is 1. The van der Waals surface area contributed by atoms with E-state index in [9.17, 15) is 14.3 Å². The number of alkyl carbamates (subject to hydrolysis) is 1. The molecule has 0 fully saturated rings. The van der Waals surface area contributed by atoms with Crippen LogP contribution in [0.25, 0.3) is 0 Å². The number of rotatable bonds is 10. The van der Waals surface area contributed by atoms with Gasteiger partial charge in [-0.2, -0.15) is 8.78 Å². The minimum absolute atomic E-state index is 0.107. The Balaban J connectivity index is 1.68. The first kappa shape index (κ1) is 24.3. The Hall–Kier alpha value is -3.36. The summed E-state index contributed by atoms with van der Waals surface area (Å²) in [5, 5.41) is 15.5. The van der Waals surface area contributed by atoms with E-state index in [2.05, 4.69) is 10.6 Å². The fourth-order valence-electron chi connectivity index (χ4n) is 3.29. The molecule has 0 saturated carbocycles. The Kier molecular flexibility index (Phi) is 8.46. The summed E-state index contributed by atoms with van der Waals surface area (Å²) >= 11 is 0. The summed E-state index contributed by atoms with van der Waals surface area (Å²) < 4.78 is 49.0. The minimum atomic E-state index is -3.59. The van der Waals surface area contributed by atoms with Crippen LogP contribution in [0.15, 0.2) is 84.9 Å². The van der Waals surface area contributed by atoms with Crippen molar-refractivity contribution < 1.29 is 27.8 Å². The molecule has 0 heterocycles. The molecule has 174 valence electrons. The third-order valence-corrected chi connectivity index (χ3v) is 4.99. The van der Waals surface area contributed by atoms with Crippen LogP contribution >= 0.6 is 0 Å². The van der Waals surface area contributed by atoms with Crippen molar-refractivity contribution >= 4 is 6.09 Å². The number of nitrogens with one attached hydrogen (secondary N) is 2. The standard InChI is InChI=1S/C25H25F3N2O3/c26-21-13-7-10-19(14-21)15-29-16-22(31)23(25(27,28)20-11-5-2-6-12-20)30-24(32)33-17-18-8-3-1-4-9-18/h1-14,22-23,29,31H,15-17H2,(H,30,32)/t22-,23-/m1/s1. The van der Waals surface area contributed by atoms with Crippen molar-refractivity contribution in [3.8, 4) is 0 Å². The maximum atomic E-state index is 15.3. The average Bonchev–Trinajstić information content (AvgIpc) is 2.82. The van der Waals surface area contributed by atoms with Crippen LogP contribution in [-0.2, 0) is 23.8 Å². The van der Waals surface area contributed by atoms with Gasteiger partial charge in [0.15, 0.2) is 0 Å². The summed E-state index contributed by atoms with van der Waals surface area (Å²) in [6.45, 7) is -0.232. The second kappa shape index (κ2) is 11.5. The van der Waals surface area contributed by atoms with E-state index in [1.165, 1.54) is 42.5 Å². The molecule has 2 atom stereocenters. The zero-order chi connectivity index (χ0) is 23.7. The first-order valence-corrected chi connectivity index (χ1v) is 10.4. The molecule has 3 N–H and O–H groups in total. The summed E-state index contributed by atoms with van der Waals surface area (Å²) in [5.74, 6) is -4.02. The molecule has 3 aromatic carbocycles. The van der Waals surface area contributed by atoms with Crippen molar-refractivity contribution in [1.29, 1.82) is 0 Å². The van der Waals surface area contributed by atoms with Gasteiger partial charge in [0.25, 0.3) is 5.92 Å². The molecular weight excluding hydrogens is 433 g/mol. The number of alkyl halides is 2. The first-order valence-electron chi connectivity index (χ1n) is 10.4. The van der Waals surface area contributed by atoms with Gasteiger partial charge in [-0.15, -0.1) is 0 Å². The van der Waals surface area contributed by atoms with Gasteiger partial charge < -0.3 is 20.5 Å². The number of carbonyl (C=O) groups is 1. The predicted molar refractivity (Wildman–Crippen MR) is 118 cm³/mol. The van der Waals surface area contributed by atoms with Crippen LogP contribution in [0.5, 0.6) is 0 Å². The fourth-order valence-corrected chi connectivity index (χ4v) is 3.29. The van der Waals surface area contributed by atoms with Crippen LogP contribution in [0.4, 0.5) is 18.0 Å². The molecule has 33 heavy (non-hydrogen) atoms. The van der Waals surface area contributed by atoms with E-state index in [0.717, 1.165) is 0 Å². The Bertz CT molecular complexity index is 1020. The molecule has 0 saturated heterocycles. The van der Waals surface area contributed by atoms with Gasteiger partial charge >= 0.3 is 6.09 Å². The van der Waals surface area contributed by atoms with E-state index in [4.69, 9.17) is 4.74 Å². The molecule has 0 aromatic heterocycles. The van der Waals surface area contributed by atoms with Crippen LogP contribution in [0.3, 0.4) is 0 Å². The molecule has 0 radical (unpaired) electrons. The van der Waals surface area contributed by atoms with E-state index in [-0.39, 0.29) is 25.3 Å². The number of carbonyl (C=O) groups excluding carboxylic acids is 1. The van der Waals surface area contributed by atoms with Crippen molar-refractivity contribution in [3.05, 3.63) is 107 Å². The van der Waals surface area contributed by atoms with Crippen molar-refractivity contribution in [2.75, 3.05) is 6.54 Å². The highest BCUT2D eigenvalue weighted by atomic mass is 19.3. The molecule has 0 unspecified atom stereocenters. The lowest BCUT2D eigenvalue weighted by atomic mass is 9.96. The quantitative estimate of drug-likeness (QED) is 0.422. The molecule has 0 aliphatic carbocycles. The lowest BCUT2D eigenvalue weighted by Gasteiger charge is -2.31. The molecular formula is C25H25F3N2O3. The molecule has 3 aromatic rings. The van der Waals surface area contributed by atoms with Gasteiger partial charge in [-0.1, -0.05) is 72.8 Å². The van der Waals surface area contributed by atoms with Crippen LogP contribution < -0.4 is 10.6 Å². The second-order valence-electron chi connectivity index (χ2n) is 7.50. The molecule has 0 aliphatic rings. The lowest BCUT2D eigenvalue weighted by Crippen LogP contribution is -2.55. The van der Waals surface area contributed by atoms with Crippen LogP contribution in [0.2, 0.25) is 0 Å². The molecule has 8 heteroatoms. The van der Waals surface area contributed by atoms with Crippen LogP contribution in [0.1, 0.15) is 16.7 Å². The van der Waals surface area contributed by atoms with E-state index < -0.39 is 30.0 Å². The Morgan fingerprint density at radius 2 is 1.58 bits per heavy atom. The van der Waals surface area contributed by atoms with E-state index >= 15 is 8.78 Å². The van der Waals surface area contributed by atoms with Gasteiger partial charge in [-0.3, -0.25) is 0 Å². The third-order valence-electron chi connectivity index (χ3n) is 4.99.